The minimum absolute atomic E-state index is 1.03. The predicted octanol–water partition coefficient (Wildman–Crippen LogP) is 11.7. The van der Waals surface area contributed by atoms with Crippen LogP contribution in [0.1, 0.15) is 123 Å². The molecule has 0 heterocycles. The summed E-state index contributed by atoms with van der Waals surface area (Å²) in [4.78, 5) is 0. The first-order valence-electron chi connectivity index (χ1n) is 16.8. The Bertz CT molecular complexity index is 1400. The quantitative estimate of drug-likeness (QED) is 0.0795. The smallest absolute Gasteiger partial charge is 0.0249 e. The van der Waals surface area contributed by atoms with E-state index in [1.807, 2.05) is 0 Å². The van der Waals surface area contributed by atoms with Gasteiger partial charge in [0.05, 0.1) is 0 Å². The first-order valence-corrected chi connectivity index (χ1v) is 16.8. The van der Waals surface area contributed by atoms with Gasteiger partial charge in [0.1, 0.15) is 0 Å². The Kier molecular flexibility index (Phi) is 14.2. The lowest BCUT2D eigenvalue weighted by Gasteiger charge is -2.02. The monoisotopic (exact) mass is 576 g/mol. The Labute approximate surface area is 267 Å². The summed E-state index contributed by atoms with van der Waals surface area (Å²) in [5.74, 6) is 13.2. The lowest BCUT2D eigenvalue weighted by molar-refractivity contribution is 0.632. The molecule has 0 spiro atoms. The molecule has 0 aliphatic rings. The van der Waals surface area contributed by atoms with Gasteiger partial charge in [0.2, 0.25) is 0 Å². The zero-order chi connectivity index (χ0) is 30.7. The second-order valence-electron chi connectivity index (χ2n) is 11.8. The van der Waals surface area contributed by atoms with Crippen LogP contribution < -0.4 is 0 Å². The molecular formula is C44H48. The second kappa shape index (κ2) is 19.1. The molecule has 0 radical (unpaired) electrons. The summed E-state index contributed by atoms with van der Waals surface area (Å²) in [5, 5.41) is 0. The number of hydrogen-bond acceptors (Lipinski definition) is 0. The van der Waals surface area contributed by atoms with Gasteiger partial charge in [-0.25, -0.2) is 0 Å². The topological polar surface area (TPSA) is 0 Å². The van der Waals surface area contributed by atoms with Crippen molar-refractivity contribution in [1.29, 1.82) is 0 Å². The van der Waals surface area contributed by atoms with Crippen molar-refractivity contribution >= 4 is 12.2 Å². The Balaban J connectivity index is 1.23. The van der Waals surface area contributed by atoms with Crippen LogP contribution in [0.15, 0.2) is 97.1 Å². The molecular weight excluding hydrogens is 528 g/mol. The molecule has 224 valence electrons. The van der Waals surface area contributed by atoms with Crippen LogP contribution in [0.3, 0.4) is 0 Å². The van der Waals surface area contributed by atoms with Gasteiger partial charge in [-0.1, -0.05) is 150 Å². The molecule has 44 heavy (non-hydrogen) atoms. The molecule has 0 fully saturated rings. The maximum Gasteiger partial charge on any atom is 0.0249 e. The zero-order valence-corrected chi connectivity index (χ0v) is 26.9. The highest BCUT2D eigenvalue weighted by molar-refractivity contribution is 5.70. The Morgan fingerprint density at radius 3 is 0.977 bits per heavy atom. The number of rotatable bonds is 14. The van der Waals surface area contributed by atoms with E-state index >= 15 is 0 Å². The van der Waals surface area contributed by atoms with Gasteiger partial charge >= 0.3 is 0 Å². The summed E-state index contributed by atoms with van der Waals surface area (Å²) >= 11 is 0. The molecule has 0 aliphatic heterocycles. The van der Waals surface area contributed by atoms with E-state index in [2.05, 4.69) is 147 Å². The molecule has 4 rings (SSSR count). The van der Waals surface area contributed by atoms with Crippen LogP contribution in [-0.2, 0) is 12.8 Å². The first-order chi connectivity index (χ1) is 21.7. The maximum atomic E-state index is 3.31. The van der Waals surface area contributed by atoms with Gasteiger partial charge in [-0.15, -0.1) is 0 Å². The minimum atomic E-state index is 1.03. The van der Waals surface area contributed by atoms with Gasteiger partial charge in [0, 0.05) is 22.3 Å². The molecule has 0 unspecified atom stereocenters. The fourth-order valence-corrected chi connectivity index (χ4v) is 5.21. The molecule has 4 aromatic carbocycles. The van der Waals surface area contributed by atoms with Crippen LogP contribution in [0.5, 0.6) is 0 Å². The third kappa shape index (κ3) is 12.2. The molecule has 0 aromatic heterocycles. The van der Waals surface area contributed by atoms with Crippen molar-refractivity contribution in [2.75, 3.05) is 0 Å². The molecule has 0 saturated carbocycles. The van der Waals surface area contributed by atoms with Crippen LogP contribution in [0, 0.1) is 23.7 Å². The highest BCUT2D eigenvalue weighted by Crippen LogP contribution is 2.14. The molecule has 0 saturated heterocycles. The van der Waals surface area contributed by atoms with Crippen molar-refractivity contribution in [2.24, 2.45) is 0 Å². The van der Waals surface area contributed by atoms with Crippen molar-refractivity contribution in [2.45, 2.75) is 90.9 Å². The van der Waals surface area contributed by atoms with Gasteiger partial charge in [0.25, 0.3) is 0 Å². The van der Waals surface area contributed by atoms with Gasteiger partial charge < -0.3 is 0 Å². The molecule has 0 N–H and O–H groups in total. The SMILES string of the molecule is CCCCCCCc1ccc(C#Cc2ccc(/C=C/c3ccc(C#Cc4ccc(CCCCCCC)cc4)cc3)cc2)cc1. The third-order valence-electron chi connectivity index (χ3n) is 8.04. The zero-order valence-electron chi connectivity index (χ0n) is 26.9. The van der Waals surface area contributed by atoms with E-state index in [9.17, 15) is 0 Å². The summed E-state index contributed by atoms with van der Waals surface area (Å²) < 4.78 is 0. The van der Waals surface area contributed by atoms with Crippen molar-refractivity contribution in [3.05, 3.63) is 142 Å². The summed E-state index contributed by atoms with van der Waals surface area (Å²) in [6, 6.07) is 34.4. The molecule has 0 nitrogen and oxygen atoms in total. The van der Waals surface area contributed by atoms with Crippen molar-refractivity contribution < 1.29 is 0 Å². The van der Waals surface area contributed by atoms with Gasteiger partial charge in [-0.05, 0) is 96.5 Å². The number of hydrogen-bond donors (Lipinski definition) is 0. The summed E-state index contributed by atoms with van der Waals surface area (Å²) in [6.45, 7) is 4.53. The molecule has 0 aliphatic carbocycles. The van der Waals surface area contributed by atoms with Crippen molar-refractivity contribution in [3.63, 3.8) is 0 Å². The fraction of sp³-hybridized carbons (Fsp3) is 0.318. The van der Waals surface area contributed by atoms with E-state index in [1.54, 1.807) is 0 Å². The van der Waals surface area contributed by atoms with Crippen molar-refractivity contribution in [1.82, 2.24) is 0 Å². The number of benzene rings is 4. The minimum Gasteiger partial charge on any atom is -0.0654 e. The lowest BCUT2D eigenvalue weighted by Crippen LogP contribution is -1.86. The van der Waals surface area contributed by atoms with E-state index in [0.717, 1.165) is 33.4 Å². The van der Waals surface area contributed by atoms with Crippen LogP contribution in [0.4, 0.5) is 0 Å². The summed E-state index contributed by atoms with van der Waals surface area (Å²) in [7, 11) is 0. The third-order valence-corrected chi connectivity index (χ3v) is 8.04. The highest BCUT2D eigenvalue weighted by atomic mass is 14.0. The van der Waals surface area contributed by atoms with Crippen LogP contribution in [0.2, 0.25) is 0 Å². The van der Waals surface area contributed by atoms with Crippen LogP contribution in [0.25, 0.3) is 12.2 Å². The van der Waals surface area contributed by atoms with Crippen LogP contribution >= 0.6 is 0 Å². The molecule has 4 aromatic rings. The average molecular weight is 577 g/mol. The Hall–Kier alpha value is -4.26. The first kappa shape index (κ1) is 32.6. The second-order valence-corrected chi connectivity index (χ2v) is 11.8. The molecule has 0 bridgehead atoms. The standard InChI is InChI=1S/C44H48/c1-3-5-7-9-11-13-37-15-19-39(20-16-37)23-25-41-27-31-43(32-28-41)35-36-44-33-29-42(30-34-44)26-24-40-21-17-38(18-22-40)14-12-10-8-6-4-2/h15-22,27-36H,3-14H2,1-2H3/b36-35+. The van der Waals surface area contributed by atoms with Crippen LogP contribution in [-0.4, -0.2) is 0 Å². The number of aryl methyl sites for hydroxylation is 2. The molecule has 0 atom stereocenters. The lowest BCUT2D eigenvalue weighted by atomic mass is 10.0. The largest absolute Gasteiger partial charge is 0.0654 e. The predicted molar refractivity (Wildman–Crippen MR) is 192 cm³/mol. The normalized spacial score (nSPS) is 10.7. The Morgan fingerprint density at radius 2 is 0.659 bits per heavy atom. The number of unbranched alkanes of at least 4 members (excludes halogenated alkanes) is 8. The van der Waals surface area contributed by atoms with E-state index in [1.165, 1.54) is 88.2 Å². The van der Waals surface area contributed by atoms with Gasteiger partial charge in [-0.3, -0.25) is 0 Å². The highest BCUT2D eigenvalue weighted by Gasteiger charge is 1.97. The Morgan fingerprint density at radius 1 is 0.364 bits per heavy atom. The van der Waals surface area contributed by atoms with Crippen molar-refractivity contribution in [3.8, 4) is 23.7 Å². The summed E-state index contributed by atoms with van der Waals surface area (Å²) in [5.41, 5.74) is 9.34. The fourth-order valence-electron chi connectivity index (χ4n) is 5.21. The molecule has 0 heteroatoms. The van der Waals surface area contributed by atoms with E-state index in [0.29, 0.717) is 0 Å². The average Bonchev–Trinajstić information content (AvgIpc) is 3.07. The van der Waals surface area contributed by atoms with E-state index in [-0.39, 0.29) is 0 Å². The van der Waals surface area contributed by atoms with Gasteiger partial charge in [-0.2, -0.15) is 0 Å². The van der Waals surface area contributed by atoms with Gasteiger partial charge in [0.15, 0.2) is 0 Å². The van der Waals surface area contributed by atoms with E-state index in [4.69, 9.17) is 0 Å². The molecule has 0 amide bonds. The van der Waals surface area contributed by atoms with E-state index < -0.39 is 0 Å². The summed E-state index contributed by atoms with van der Waals surface area (Å²) in [6.07, 6.45) is 19.8. The maximum absolute atomic E-state index is 3.31.